The predicted molar refractivity (Wildman–Crippen MR) is 73.8 cm³/mol. The number of carbonyl (C=O) groups is 1. The smallest absolute Gasteiger partial charge is 0.271 e. The molecule has 1 aromatic rings. The van der Waals surface area contributed by atoms with Gasteiger partial charge in [-0.2, -0.15) is 0 Å². The molecule has 3 saturated carbocycles. The van der Waals surface area contributed by atoms with Gasteiger partial charge in [-0.1, -0.05) is 0 Å². The third-order valence-electron chi connectivity index (χ3n) is 4.50. The lowest BCUT2D eigenvalue weighted by molar-refractivity contribution is 0.0929. The van der Waals surface area contributed by atoms with Gasteiger partial charge in [0.05, 0.1) is 4.47 Å². The van der Waals surface area contributed by atoms with Crippen LogP contribution in [0.2, 0.25) is 0 Å². The molecule has 1 aromatic heterocycles. The first-order valence-electron chi connectivity index (χ1n) is 7.04. The Kier molecular flexibility index (Phi) is 2.65. The van der Waals surface area contributed by atoms with E-state index in [1.807, 2.05) is 0 Å². The van der Waals surface area contributed by atoms with E-state index < -0.39 is 0 Å². The van der Waals surface area contributed by atoms with Gasteiger partial charge in [-0.15, -0.1) is 0 Å². The Morgan fingerprint density at radius 3 is 2.68 bits per heavy atom. The zero-order chi connectivity index (χ0) is 13.0. The Bertz CT molecular complexity index is 533. The highest BCUT2D eigenvalue weighted by atomic mass is 79.9. The zero-order valence-corrected chi connectivity index (χ0v) is 12.2. The summed E-state index contributed by atoms with van der Waals surface area (Å²) in [7, 11) is 0. The molecule has 0 aromatic carbocycles. The highest BCUT2D eigenvalue weighted by Gasteiger charge is 2.46. The SMILES string of the molecule is O=C(NC1CC2CC2C1)c1nc(C2CC2)ncc1Br. The molecular weight excluding hydrogens is 306 g/mol. The normalized spacial score (nSPS) is 31.9. The molecule has 2 atom stereocenters. The number of fused-ring (bicyclic) bond motifs is 1. The molecule has 1 amide bonds. The van der Waals surface area contributed by atoms with Gasteiger partial charge in [0.25, 0.3) is 5.91 Å². The molecule has 5 heteroatoms. The van der Waals surface area contributed by atoms with Crippen LogP contribution in [0.5, 0.6) is 0 Å². The Labute approximate surface area is 120 Å². The fourth-order valence-electron chi connectivity index (χ4n) is 3.16. The number of nitrogens with one attached hydrogen (secondary N) is 1. The van der Waals surface area contributed by atoms with Crippen LogP contribution in [0.15, 0.2) is 10.7 Å². The minimum absolute atomic E-state index is 0.0533. The Balaban J connectivity index is 1.50. The van der Waals surface area contributed by atoms with Crippen LogP contribution in [0.4, 0.5) is 0 Å². The summed E-state index contributed by atoms with van der Waals surface area (Å²) in [6.07, 6.45) is 7.67. The summed E-state index contributed by atoms with van der Waals surface area (Å²) >= 11 is 3.38. The molecule has 1 heterocycles. The molecule has 3 fully saturated rings. The maximum absolute atomic E-state index is 12.3. The van der Waals surface area contributed by atoms with Crippen molar-refractivity contribution in [3.8, 4) is 0 Å². The summed E-state index contributed by atoms with van der Waals surface area (Å²) < 4.78 is 0.692. The molecule has 3 aliphatic rings. The molecule has 100 valence electrons. The third-order valence-corrected chi connectivity index (χ3v) is 5.08. The van der Waals surface area contributed by atoms with E-state index in [0.29, 0.717) is 22.1 Å². The number of halogens is 1. The fraction of sp³-hybridized carbons (Fsp3) is 0.643. The summed E-state index contributed by atoms with van der Waals surface area (Å²) in [6, 6.07) is 0.350. The van der Waals surface area contributed by atoms with E-state index in [0.717, 1.165) is 43.3 Å². The number of hydrogen-bond donors (Lipinski definition) is 1. The second-order valence-electron chi connectivity index (χ2n) is 6.10. The largest absolute Gasteiger partial charge is 0.348 e. The van der Waals surface area contributed by atoms with E-state index in [1.54, 1.807) is 6.20 Å². The van der Waals surface area contributed by atoms with Crippen molar-refractivity contribution in [3.05, 3.63) is 22.2 Å². The number of nitrogens with zero attached hydrogens (tertiary/aromatic N) is 2. The molecule has 2 unspecified atom stereocenters. The first-order valence-corrected chi connectivity index (χ1v) is 7.83. The van der Waals surface area contributed by atoms with Crippen molar-refractivity contribution in [1.29, 1.82) is 0 Å². The lowest BCUT2D eigenvalue weighted by atomic mass is 10.1. The summed E-state index contributed by atoms with van der Waals surface area (Å²) in [6.45, 7) is 0. The molecule has 4 rings (SSSR count). The fourth-order valence-corrected chi connectivity index (χ4v) is 3.54. The third kappa shape index (κ3) is 2.29. The van der Waals surface area contributed by atoms with E-state index in [4.69, 9.17) is 0 Å². The van der Waals surface area contributed by atoms with Crippen LogP contribution in [0, 0.1) is 11.8 Å². The first kappa shape index (κ1) is 11.8. The topological polar surface area (TPSA) is 54.9 Å². The number of amides is 1. The number of hydrogen-bond acceptors (Lipinski definition) is 3. The van der Waals surface area contributed by atoms with E-state index in [2.05, 4.69) is 31.2 Å². The monoisotopic (exact) mass is 321 g/mol. The van der Waals surface area contributed by atoms with Gasteiger partial charge in [0.1, 0.15) is 11.5 Å². The summed E-state index contributed by atoms with van der Waals surface area (Å²) in [5.74, 6) is 2.99. The Morgan fingerprint density at radius 2 is 2.00 bits per heavy atom. The van der Waals surface area contributed by atoms with Gasteiger partial charge in [0, 0.05) is 18.2 Å². The Morgan fingerprint density at radius 1 is 1.26 bits per heavy atom. The van der Waals surface area contributed by atoms with Crippen molar-refractivity contribution in [1.82, 2.24) is 15.3 Å². The lowest BCUT2D eigenvalue weighted by Crippen LogP contribution is -2.34. The number of carbonyl (C=O) groups excluding carboxylic acids is 1. The molecule has 0 bridgehead atoms. The van der Waals surface area contributed by atoms with Gasteiger partial charge in [0.2, 0.25) is 0 Å². The van der Waals surface area contributed by atoms with Gasteiger partial charge < -0.3 is 5.32 Å². The van der Waals surface area contributed by atoms with Crippen molar-refractivity contribution in [2.75, 3.05) is 0 Å². The first-order chi connectivity index (χ1) is 9.20. The van der Waals surface area contributed by atoms with Crippen LogP contribution in [0.25, 0.3) is 0 Å². The standard InChI is InChI=1S/C14H16BrN3O/c15-11-6-16-13(7-1-2-7)18-12(11)14(19)17-10-4-8-3-9(8)5-10/h6-10H,1-5H2,(H,17,19). The molecule has 3 aliphatic carbocycles. The minimum Gasteiger partial charge on any atom is -0.348 e. The minimum atomic E-state index is -0.0533. The average molecular weight is 322 g/mol. The quantitative estimate of drug-likeness (QED) is 0.931. The van der Waals surface area contributed by atoms with Crippen LogP contribution in [0.1, 0.15) is 54.3 Å². The van der Waals surface area contributed by atoms with Gasteiger partial charge in [-0.3, -0.25) is 4.79 Å². The maximum Gasteiger partial charge on any atom is 0.271 e. The molecule has 0 radical (unpaired) electrons. The van der Waals surface area contributed by atoms with Gasteiger partial charge >= 0.3 is 0 Å². The van der Waals surface area contributed by atoms with Crippen LogP contribution >= 0.6 is 15.9 Å². The van der Waals surface area contributed by atoms with Crippen molar-refractivity contribution >= 4 is 21.8 Å². The van der Waals surface area contributed by atoms with Crippen molar-refractivity contribution in [2.45, 2.75) is 44.1 Å². The predicted octanol–water partition coefficient (Wildman–Crippen LogP) is 2.64. The van der Waals surface area contributed by atoms with E-state index in [-0.39, 0.29) is 5.91 Å². The second-order valence-corrected chi connectivity index (χ2v) is 6.95. The van der Waals surface area contributed by atoms with Crippen LogP contribution in [-0.4, -0.2) is 21.9 Å². The molecule has 19 heavy (non-hydrogen) atoms. The van der Waals surface area contributed by atoms with E-state index in [9.17, 15) is 4.79 Å². The average Bonchev–Trinajstić information content (AvgIpc) is 3.30. The molecule has 1 N–H and O–H groups in total. The molecule has 0 saturated heterocycles. The number of rotatable bonds is 3. The Hall–Kier alpha value is -0.970. The number of aromatic nitrogens is 2. The van der Waals surface area contributed by atoms with Gasteiger partial charge in [-0.25, -0.2) is 9.97 Å². The van der Waals surface area contributed by atoms with Crippen LogP contribution < -0.4 is 5.32 Å². The van der Waals surface area contributed by atoms with E-state index >= 15 is 0 Å². The van der Waals surface area contributed by atoms with Crippen LogP contribution in [-0.2, 0) is 0 Å². The molecule has 4 nitrogen and oxygen atoms in total. The van der Waals surface area contributed by atoms with Crippen LogP contribution in [0.3, 0.4) is 0 Å². The van der Waals surface area contributed by atoms with Crippen molar-refractivity contribution in [3.63, 3.8) is 0 Å². The van der Waals surface area contributed by atoms with E-state index in [1.165, 1.54) is 6.42 Å². The summed E-state index contributed by atoms with van der Waals surface area (Å²) in [4.78, 5) is 21.0. The highest BCUT2D eigenvalue weighted by molar-refractivity contribution is 9.10. The maximum atomic E-state index is 12.3. The lowest BCUT2D eigenvalue weighted by Gasteiger charge is -2.14. The van der Waals surface area contributed by atoms with Crippen molar-refractivity contribution in [2.24, 2.45) is 11.8 Å². The molecular formula is C14H16BrN3O. The zero-order valence-electron chi connectivity index (χ0n) is 10.6. The van der Waals surface area contributed by atoms with Crippen molar-refractivity contribution < 1.29 is 4.79 Å². The molecule has 0 spiro atoms. The van der Waals surface area contributed by atoms with Gasteiger partial charge in [0.15, 0.2) is 0 Å². The van der Waals surface area contributed by atoms with Gasteiger partial charge in [-0.05, 0) is 59.9 Å². The highest BCUT2D eigenvalue weighted by Crippen LogP contribution is 2.51. The summed E-state index contributed by atoms with van der Waals surface area (Å²) in [5.41, 5.74) is 0.498. The second kappa shape index (κ2) is 4.27. The molecule has 0 aliphatic heterocycles. The summed E-state index contributed by atoms with van der Waals surface area (Å²) in [5, 5.41) is 3.12.